The molecule has 1 aliphatic carbocycles. The highest BCUT2D eigenvalue weighted by atomic mass is 16.4. The van der Waals surface area contributed by atoms with Gasteiger partial charge in [-0.25, -0.2) is 9.59 Å². The van der Waals surface area contributed by atoms with Crippen molar-refractivity contribution in [2.45, 2.75) is 57.9 Å². The van der Waals surface area contributed by atoms with Crippen molar-refractivity contribution < 1.29 is 14.7 Å². The van der Waals surface area contributed by atoms with Gasteiger partial charge in [0.25, 0.3) is 0 Å². The minimum absolute atomic E-state index is 0.0753. The topological polar surface area (TPSA) is 60.9 Å². The lowest BCUT2D eigenvalue weighted by molar-refractivity contribution is -0.142. The molecule has 2 rings (SSSR count). The maximum absolute atomic E-state index is 12.7. The van der Waals surface area contributed by atoms with E-state index in [1.807, 2.05) is 11.8 Å². The number of carboxylic acid groups (broad SMARTS) is 1. The summed E-state index contributed by atoms with van der Waals surface area (Å²) < 4.78 is 0. The molecule has 2 fully saturated rings. The maximum atomic E-state index is 12.7. The quantitative estimate of drug-likeness (QED) is 0.862. The van der Waals surface area contributed by atoms with Crippen LogP contribution in [0.2, 0.25) is 0 Å². The number of carboxylic acids is 1. The highest BCUT2D eigenvalue weighted by Gasteiger charge is 2.34. The summed E-state index contributed by atoms with van der Waals surface area (Å²) in [7, 11) is 0. The Kier molecular flexibility index (Phi) is 5.26. The summed E-state index contributed by atoms with van der Waals surface area (Å²) >= 11 is 0. The molecular formula is C15H26N2O3. The van der Waals surface area contributed by atoms with Gasteiger partial charge in [0.1, 0.15) is 6.04 Å². The predicted octanol–water partition coefficient (Wildman–Crippen LogP) is 2.56. The molecule has 2 aliphatic rings. The fourth-order valence-corrected chi connectivity index (χ4v) is 3.11. The van der Waals surface area contributed by atoms with Crippen molar-refractivity contribution in [3.63, 3.8) is 0 Å². The molecule has 0 spiro atoms. The Bertz CT molecular complexity index is 355. The fourth-order valence-electron chi connectivity index (χ4n) is 3.11. The molecule has 1 saturated heterocycles. The summed E-state index contributed by atoms with van der Waals surface area (Å²) in [5.41, 5.74) is 0. The van der Waals surface area contributed by atoms with Crippen molar-refractivity contribution in [1.29, 1.82) is 0 Å². The molecule has 5 heteroatoms. The lowest BCUT2D eigenvalue weighted by atomic mass is 9.85. The van der Waals surface area contributed by atoms with E-state index in [0.717, 1.165) is 25.8 Å². The summed E-state index contributed by atoms with van der Waals surface area (Å²) in [6.45, 7) is 4.01. The first-order valence-electron chi connectivity index (χ1n) is 7.91. The fraction of sp³-hybridized carbons (Fsp3) is 0.867. The van der Waals surface area contributed by atoms with E-state index in [2.05, 4.69) is 0 Å². The third-order valence-electron chi connectivity index (χ3n) is 4.64. The molecule has 0 aromatic carbocycles. The number of amides is 2. The summed E-state index contributed by atoms with van der Waals surface area (Å²) in [4.78, 5) is 27.5. The molecule has 1 N–H and O–H groups in total. The lowest BCUT2D eigenvalue weighted by Crippen LogP contribution is -2.52. The van der Waals surface area contributed by atoms with Gasteiger partial charge in [0, 0.05) is 19.6 Å². The van der Waals surface area contributed by atoms with E-state index < -0.39 is 12.0 Å². The molecule has 1 aliphatic heterocycles. The van der Waals surface area contributed by atoms with E-state index in [0.29, 0.717) is 25.4 Å². The van der Waals surface area contributed by atoms with Crippen molar-refractivity contribution in [3.8, 4) is 0 Å². The second-order valence-corrected chi connectivity index (χ2v) is 6.01. The van der Waals surface area contributed by atoms with Crippen LogP contribution in [0.15, 0.2) is 0 Å². The van der Waals surface area contributed by atoms with Crippen LogP contribution in [0.3, 0.4) is 0 Å². The number of rotatable bonds is 4. The highest BCUT2D eigenvalue weighted by molar-refractivity contribution is 5.82. The van der Waals surface area contributed by atoms with Gasteiger partial charge in [0.05, 0.1) is 0 Å². The van der Waals surface area contributed by atoms with Crippen LogP contribution in [0.5, 0.6) is 0 Å². The molecule has 5 nitrogen and oxygen atoms in total. The summed E-state index contributed by atoms with van der Waals surface area (Å²) in [5, 5.41) is 9.36. The summed E-state index contributed by atoms with van der Waals surface area (Å²) in [5.74, 6) is -0.242. The minimum Gasteiger partial charge on any atom is -0.480 e. The Morgan fingerprint density at radius 2 is 1.90 bits per heavy atom. The van der Waals surface area contributed by atoms with Gasteiger partial charge in [-0.1, -0.05) is 19.3 Å². The van der Waals surface area contributed by atoms with Gasteiger partial charge in [0.15, 0.2) is 0 Å². The maximum Gasteiger partial charge on any atom is 0.326 e. The predicted molar refractivity (Wildman–Crippen MR) is 76.6 cm³/mol. The van der Waals surface area contributed by atoms with Crippen molar-refractivity contribution in [2.75, 3.05) is 19.6 Å². The van der Waals surface area contributed by atoms with Crippen molar-refractivity contribution in [1.82, 2.24) is 9.80 Å². The largest absolute Gasteiger partial charge is 0.480 e. The van der Waals surface area contributed by atoms with E-state index in [1.54, 1.807) is 4.90 Å². The van der Waals surface area contributed by atoms with Crippen LogP contribution in [-0.4, -0.2) is 52.6 Å². The molecule has 0 radical (unpaired) electrons. The van der Waals surface area contributed by atoms with E-state index in [-0.39, 0.29) is 6.03 Å². The zero-order valence-corrected chi connectivity index (χ0v) is 12.4. The first-order valence-corrected chi connectivity index (χ1v) is 7.91. The Balaban J connectivity index is 2.03. The molecule has 0 aromatic heterocycles. The van der Waals surface area contributed by atoms with Gasteiger partial charge in [-0.2, -0.15) is 0 Å². The second kappa shape index (κ2) is 6.95. The molecule has 1 unspecified atom stereocenters. The summed E-state index contributed by atoms with van der Waals surface area (Å²) in [6, 6.07) is -0.714. The zero-order chi connectivity index (χ0) is 14.5. The number of carbonyl (C=O) groups is 2. The number of hydrogen-bond donors (Lipinski definition) is 1. The molecule has 2 amide bonds. The number of nitrogens with zero attached hydrogens (tertiary/aromatic N) is 2. The minimum atomic E-state index is -0.861. The Morgan fingerprint density at radius 1 is 1.15 bits per heavy atom. The van der Waals surface area contributed by atoms with Crippen molar-refractivity contribution in [3.05, 3.63) is 0 Å². The van der Waals surface area contributed by atoms with Gasteiger partial charge in [0.2, 0.25) is 0 Å². The SMILES string of the molecule is CCN(CC1CCC1)C(=O)N1CCCCCC1C(=O)O. The molecule has 1 heterocycles. The first kappa shape index (κ1) is 15.1. The van der Waals surface area contributed by atoms with Crippen LogP contribution in [0.25, 0.3) is 0 Å². The molecule has 20 heavy (non-hydrogen) atoms. The highest BCUT2D eigenvalue weighted by Crippen LogP contribution is 2.28. The molecule has 0 bridgehead atoms. The number of urea groups is 1. The average molecular weight is 282 g/mol. The van der Waals surface area contributed by atoms with Crippen LogP contribution in [0.4, 0.5) is 4.79 Å². The third-order valence-corrected chi connectivity index (χ3v) is 4.64. The van der Waals surface area contributed by atoms with Crippen molar-refractivity contribution >= 4 is 12.0 Å². The van der Waals surface area contributed by atoms with Gasteiger partial charge < -0.3 is 14.9 Å². The Morgan fingerprint density at radius 3 is 2.45 bits per heavy atom. The monoisotopic (exact) mass is 282 g/mol. The normalized spacial score (nSPS) is 23.9. The van der Waals surface area contributed by atoms with Gasteiger partial charge in [-0.15, -0.1) is 0 Å². The van der Waals surface area contributed by atoms with Crippen LogP contribution in [-0.2, 0) is 4.79 Å². The van der Waals surface area contributed by atoms with Crippen LogP contribution in [0, 0.1) is 5.92 Å². The number of likely N-dealkylation sites (tertiary alicyclic amines) is 1. The zero-order valence-electron chi connectivity index (χ0n) is 12.4. The van der Waals surface area contributed by atoms with Crippen LogP contribution < -0.4 is 0 Å². The van der Waals surface area contributed by atoms with Crippen molar-refractivity contribution in [2.24, 2.45) is 5.92 Å². The average Bonchev–Trinajstić information content (AvgIpc) is 2.62. The third kappa shape index (κ3) is 3.44. The molecule has 1 saturated carbocycles. The van der Waals surface area contributed by atoms with E-state index in [1.165, 1.54) is 19.3 Å². The second-order valence-electron chi connectivity index (χ2n) is 6.01. The van der Waals surface area contributed by atoms with Crippen LogP contribution in [0.1, 0.15) is 51.9 Å². The summed E-state index contributed by atoms with van der Waals surface area (Å²) in [6.07, 6.45) is 7.08. The molecule has 114 valence electrons. The first-order chi connectivity index (χ1) is 9.63. The van der Waals surface area contributed by atoms with E-state index >= 15 is 0 Å². The van der Waals surface area contributed by atoms with Crippen LogP contribution >= 0.6 is 0 Å². The molecule has 0 aromatic rings. The Hall–Kier alpha value is -1.26. The van der Waals surface area contributed by atoms with Gasteiger partial charge in [-0.05, 0) is 38.5 Å². The van der Waals surface area contributed by atoms with E-state index in [4.69, 9.17) is 0 Å². The van der Waals surface area contributed by atoms with Gasteiger partial charge in [-0.3, -0.25) is 0 Å². The molecular weight excluding hydrogens is 256 g/mol. The number of hydrogen-bond acceptors (Lipinski definition) is 2. The smallest absolute Gasteiger partial charge is 0.326 e. The standard InChI is InChI=1S/C15H26N2O3/c1-2-16(11-12-7-6-8-12)15(20)17-10-5-3-4-9-13(17)14(18)19/h12-13H,2-11H2,1H3,(H,18,19). The molecule has 1 atom stereocenters. The lowest BCUT2D eigenvalue weighted by Gasteiger charge is -2.36. The Labute approximate surface area is 120 Å². The number of aliphatic carboxylic acids is 1. The van der Waals surface area contributed by atoms with E-state index in [9.17, 15) is 14.7 Å². The van der Waals surface area contributed by atoms with Gasteiger partial charge >= 0.3 is 12.0 Å². The number of carbonyl (C=O) groups excluding carboxylic acids is 1.